The number of hydrogen-bond donors (Lipinski definition) is 1. The van der Waals surface area contributed by atoms with Crippen molar-refractivity contribution in [1.29, 1.82) is 0 Å². The fraction of sp³-hybridized carbons (Fsp3) is 0.667. The Morgan fingerprint density at radius 2 is 2.62 bits per heavy atom. The molecule has 0 bridgehead atoms. The van der Waals surface area contributed by atoms with Gasteiger partial charge in [-0.05, 0) is 0 Å². The predicted molar refractivity (Wildman–Crippen MR) is 33.5 cm³/mol. The largest absolute Gasteiger partial charge is 0.284 e. The van der Waals surface area contributed by atoms with Crippen LogP contribution in [0.15, 0.2) is 0 Å². The first kappa shape index (κ1) is 5.71. The zero-order valence-corrected chi connectivity index (χ0v) is 4.98. The smallest absolute Gasteiger partial charge is 0.148 e. The summed E-state index contributed by atoms with van der Waals surface area (Å²) in [5.74, 6) is 0.660. The van der Waals surface area contributed by atoms with Crippen LogP contribution in [0.25, 0.3) is 0 Å². The first-order valence-electron chi connectivity index (χ1n) is 2.21. The lowest BCUT2D eigenvalue weighted by molar-refractivity contribution is -0.285. The van der Waals surface area contributed by atoms with Gasteiger partial charge in [0.2, 0.25) is 0 Å². The minimum atomic E-state index is -0.693. The SMILES string of the molecule is O=[N+]([O-])S1=CNCC1. The molecule has 0 radical (unpaired) electrons. The van der Waals surface area contributed by atoms with Gasteiger partial charge in [-0.3, -0.25) is 15.4 Å². The summed E-state index contributed by atoms with van der Waals surface area (Å²) >= 11 is 0. The Labute approximate surface area is 49.1 Å². The maximum absolute atomic E-state index is 9.95. The topological polar surface area (TPSA) is 55.2 Å². The van der Waals surface area contributed by atoms with Gasteiger partial charge >= 0.3 is 0 Å². The average molecular weight is 134 g/mol. The number of nitrogens with one attached hydrogen (secondary N) is 1. The van der Waals surface area contributed by atoms with Gasteiger partial charge in [-0.2, -0.15) is 0 Å². The minimum absolute atomic E-state index is 0.250. The van der Waals surface area contributed by atoms with Crippen LogP contribution < -0.4 is 5.32 Å². The highest BCUT2D eigenvalue weighted by molar-refractivity contribution is 8.09. The quantitative estimate of drug-likeness (QED) is 0.307. The minimum Gasteiger partial charge on any atom is -0.284 e. The van der Waals surface area contributed by atoms with E-state index in [0.29, 0.717) is 5.75 Å². The molecule has 0 spiro atoms. The molecule has 8 heavy (non-hydrogen) atoms. The third-order valence-electron chi connectivity index (χ3n) is 0.866. The molecule has 0 aromatic rings. The van der Waals surface area contributed by atoms with Crippen LogP contribution in [0.4, 0.5) is 0 Å². The normalized spacial score (nSPS) is 27.2. The van der Waals surface area contributed by atoms with Gasteiger partial charge in [-0.1, -0.05) is 0 Å². The van der Waals surface area contributed by atoms with Gasteiger partial charge in [-0.25, -0.2) is 0 Å². The van der Waals surface area contributed by atoms with Crippen molar-refractivity contribution in [2.24, 2.45) is 0 Å². The standard InChI is InChI=1S/C3H6N2O2S/c6-5(7)8-2-1-4-3-8/h3-4H,1-2H2. The predicted octanol–water partition coefficient (Wildman–Crippen LogP) is -0.190. The Bertz CT molecular complexity index is 144. The van der Waals surface area contributed by atoms with Crippen LogP contribution in [0.5, 0.6) is 0 Å². The van der Waals surface area contributed by atoms with Crippen LogP contribution in [-0.4, -0.2) is 22.1 Å². The molecule has 0 fully saturated rings. The third-order valence-corrected chi connectivity index (χ3v) is 2.31. The average Bonchev–Trinajstić information content (AvgIpc) is 2.12. The molecule has 0 aromatic heterocycles. The monoisotopic (exact) mass is 134 g/mol. The molecular weight excluding hydrogens is 128 g/mol. The van der Waals surface area contributed by atoms with E-state index in [1.54, 1.807) is 5.49 Å². The maximum Gasteiger partial charge on any atom is 0.148 e. The Kier molecular flexibility index (Phi) is 1.59. The highest BCUT2D eigenvalue weighted by Gasteiger charge is 2.11. The number of hydrogen-bond acceptors (Lipinski definition) is 3. The third kappa shape index (κ3) is 1.05. The van der Waals surface area contributed by atoms with Crippen molar-refractivity contribution in [2.45, 2.75) is 0 Å². The molecule has 1 rings (SSSR count). The van der Waals surface area contributed by atoms with Crippen LogP contribution >= 0.6 is 10.7 Å². The van der Waals surface area contributed by atoms with E-state index in [1.807, 2.05) is 0 Å². The van der Waals surface area contributed by atoms with Crippen LogP contribution in [0.3, 0.4) is 0 Å². The molecule has 46 valence electrons. The molecule has 1 aliphatic heterocycles. The summed E-state index contributed by atoms with van der Waals surface area (Å²) in [6, 6.07) is 0. The van der Waals surface area contributed by atoms with Gasteiger partial charge in [-0.15, -0.1) is 0 Å². The number of nitro groups is 1. The maximum atomic E-state index is 9.95. The second-order valence-corrected chi connectivity index (χ2v) is 3.15. The van der Waals surface area contributed by atoms with Crippen molar-refractivity contribution in [1.82, 2.24) is 5.32 Å². The van der Waals surface area contributed by atoms with E-state index in [2.05, 4.69) is 5.32 Å². The highest BCUT2D eigenvalue weighted by Crippen LogP contribution is 2.12. The molecule has 0 aromatic carbocycles. The molecule has 0 saturated carbocycles. The van der Waals surface area contributed by atoms with Crippen LogP contribution in [-0.2, 0) is 0 Å². The Morgan fingerprint density at radius 3 is 2.88 bits per heavy atom. The van der Waals surface area contributed by atoms with Crippen molar-refractivity contribution >= 4 is 16.2 Å². The van der Waals surface area contributed by atoms with Crippen LogP contribution in [0, 0.1) is 10.1 Å². The zero-order chi connectivity index (χ0) is 5.98. The molecule has 1 aliphatic rings. The van der Waals surface area contributed by atoms with Gasteiger partial charge in [0.25, 0.3) is 0 Å². The lowest BCUT2D eigenvalue weighted by Gasteiger charge is -1.84. The summed E-state index contributed by atoms with van der Waals surface area (Å²) in [5.41, 5.74) is 1.56. The number of nitrogens with zero attached hydrogens (tertiary/aromatic N) is 1. The van der Waals surface area contributed by atoms with Crippen molar-refractivity contribution in [3.8, 4) is 0 Å². The summed E-state index contributed by atoms with van der Waals surface area (Å²) in [7, 11) is -0.693. The van der Waals surface area contributed by atoms with Gasteiger partial charge < -0.3 is 0 Å². The lowest BCUT2D eigenvalue weighted by atomic mass is 10.8. The highest BCUT2D eigenvalue weighted by atomic mass is 32.2. The van der Waals surface area contributed by atoms with E-state index >= 15 is 0 Å². The first-order valence-corrected chi connectivity index (χ1v) is 3.63. The molecule has 1 heterocycles. The van der Waals surface area contributed by atoms with Gasteiger partial charge in [0.15, 0.2) is 0 Å². The summed E-state index contributed by atoms with van der Waals surface area (Å²) < 4.78 is -0.250. The molecule has 0 aliphatic carbocycles. The van der Waals surface area contributed by atoms with Crippen molar-refractivity contribution in [3.05, 3.63) is 10.1 Å². The Hall–Kier alpha value is -0.420. The summed E-state index contributed by atoms with van der Waals surface area (Å²) in [6.45, 7) is 0.754. The van der Waals surface area contributed by atoms with Crippen LogP contribution in [0.2, 0.25) is 0 Å². The summed E-state index contributed by atoms with van der Waals surface area (Å²) in [5, 5.41) is 12.7. The Morgan fingerprint density at radius 1 is 1.88 bits per heavy atom. The molecule has 5 heteroatoms. The van der Waals surface area contributed by atoms with E-state index in [0.717, 1.165) is 6.54 Å². The van der Waals surface area contributed by atoms with E-state index in [-0.39, 0.29) is 4.33 Å². The van der Waals surface area contributed by atoms with Gasteiger partial charge in [0.1, 0.15) is 10.7 Å². The molecular formula is C3H6N2O2S. The second kappa shape index (κ2) is 2.23. The van der Waals surface area contributed by atoms with Crippen LogP contribution in [0.1, 0.15) is 0 Å². The second-order valence-electron chi connectivity index (χ2n) is 1.40. The molecule has 4 nitrogen and oxygen atoms in total. The first-order chi connectivity index (χ1) is 3.80. The van der Waals surface area contributed by atoms with Gasteiger partial charge in [0, 0.05) is 6.54 Å². The molecule has 1 unspecified atom stereocenters. The fourth-order valence-electron chi connectivity index (χ4n) is 0.495. The summed E-state index contributed by atoms with van der Waals surface area (Å²) in [6.07, 6.45) is 0. The van der Waals surface area contributed by atoms with Crippen molar-refractivity contribution < 1.29 is 4.33 Å². The Balaban J connectivity index is 2.57. The zero-order valence-electron chi connectivity index (χ0n) is 4.16. The molecule has 0 saturated heterocycles. The molecule has 0 amide bonds. The van der Waals surface area contributed by atoms with E-state index in [4.69, 9.17) is 0 Å². The van der Waals surface area contributed by atoms with Crippen molar-refractivity contribution in [3.63, 3.8) is 0 Å². The van der Waals surface area contributed by atoms with E-state index in [9.17, 15) is 10.1 Å². The lowest BCUT2D eigenvalue weighted by Crippen LogP contribution is -2.05. The molecule has 1 N–H and O–H groups in total. The van der Waals surface area contributed by atoms with E-state index in [1.165, 1.54) is 0 Å². The van der Waals surface area contributed by atoms with E-state index < -0.39 is 10.7 Å². The number of rotatable bonds is 1. The van der Waals surface area contributed by atoms with Gasteiger partial charge in [0.05, 0.1) is 15.6 Å². The fourth-order valence-corrected chi connectivity index (χ4v) is 1.49. The van der Waals surface area contributed by atoms with Crippen molar-refractivity contribution in [2.75, 3.05) is 12.3 Å². The molecule has 1 atom stereocenters. The summed E-state index contributed by atoms with van der Waals surface area (Å²) in [4.78, 5) is 9.95.